The maximum Gasteiger partial charge on any atom is 0.276 e. The summed E-state index contributed by atoms with van der Waals surface area (Å²) in [6.45, 7) is -0.375. The summed E-state index contributed by atoms with van der Waals surface area (Å²) in [6, 6.07) is -1.06. The predicted molar refractivity (Wildman–Crippen MR) is 63.4 cm³/mol. The molecule has 19 heavy (non-hydrogen) atoms. The Hall–Kier alpha value is -1.08. The average Bonchev–Trinajstić information content (AvgIpc) is 2.22. The lowest BCUT2D eigenvalue weighted by atomic mass is 10.3. The van der Waals surface area contributed by atoms with E-state index in [9.17, 15) is 26.4 Å². The van der Waals surface area contributed by atoms with Gasteiger partial charge in [0, 0.05) is 6.54 Å². The van der Waals surface area contributed by atoms with Gasteiger partial charge >= 0.3 is 0 Å². The molecule has 0 saturated carbocycles. The molecule has 112 valence electrons. The minimum absolute atomic E-state index is 0.306. The van der Waals surface area contributed by atoms with E-state index in [2.05, 4.69) is 0 Å². The minimum atomic E-state index is -4.86. The SMILES string of the molecule is NC(C=O)CNC(=O)C(CCS(=O)(=O)O)S(=O)(=O)O. The highest BCUT2D eigenvalue weighted by Crippen LogP contribution is 2.06. The van der Waals surface area contributed by atoms with E-state index in [0.717, 1.165) is 0 Å². The zero-order chi connectivity index (χ0) is 15.3. The molecule has 0 saturated heterocycles. The van der Waals surface area contributed by atoms with Crippen LogP contribution in [0.5, 0.6) is 0 Å². The van der Waals surface area contributed by atoms with Crippen LogP contribution in [-0.4, -0.2) is 61.7 Å². The molecule has 0 aliphatic rings. The second-order valence-corrected chi connectivity index (χ2v) is 6.79. The Bertz CT molecular complexity index is 525. The zero-order valence-corrected chi connectivity index (χ0v) is 11.2. The highest BCUT2D eigenvalue weighted by Gasteiger charge is 2.32. The molecule has 0 rings (SSSR count). The molecule has 0 heterocycles. The van der Waals surface area contributed by atoms with Crippen molar-refractivity contribution < 1.29 is 35.5 Å². The molecule has 0 bridgehead atoms. The summed E-state index contributed by atoms with van der Waals surface area (Å²) >= 11 is 0. The fourth-order valence-electron chi connectivity index (χ4n) is 1.05. The van der Waals surface area contributed by atoms with Gasteiger partial charge in [0.15, 0.2) is 5.25 Å². The lowest BCUT2D eigenvalue weighted by molar-refractivity contribution is -0.120. The van der Waals surface area contributed by atoms with Gasteiger partial charge in [0.25, 0.3) is 20.2 Å². The van der Waals surface area contributed by atoms with Gasteiger partial charge in [0.05, 0.1) is 11.8 Å². The molecule has 0 aromatic rings. The van der Waals surface area contributed by atoms with Crippen LogP contribution in [0.15, 0.2) is 0 Å². The fourth-order valence-corrected chi connectivity index (χ4v) is 2.50. The van der Waals surface area contributed by atoms with Crippen LogP contribution in [-0.2, 0) is 29.8 Å². The highest BCUT2D eigenvalue weighted by atomic mass is 32.2. The van der Waals surface area contributed by atoms with Crippen LogP contribution in [0, 0.1) is 0 Å². The van der Waals surface area contributed by atoms with Gasteiger partial charge in [0.1, 0.15) is 6.29 Å². The summed E-state index contributed by atoms with van der Waals surface area (Å²) < 4.78 is 60.1. The molecule has 0 aliphatic heterocycles. The predicted octanol–water partition coefficient (Wildman–Crippen LogP) is -2.84. The molecule has 0 aromatic heterocycles. The summed E-state index contributed by atoms with van der Waals surface area (Å²) in [4.78, 5) is 21.6. The minimum Gasteiger partial charge on any atom is -0.353 e. The Kier molecular flexibility index (Phi) is 6.51. The van der Waals surface area contributed by atoms with Gasteiger partial charge in [0.2, 0.25) is 5.91 Å². The molecule has 5 N–H and O–H groups in total. The first kappa shape index (κ1) is 17.9. The molecule has 10 nitrogen and oxygen atoms in total. The van der Waals surface area contributed by atoms with E-state index in [0.29, 0.717) is 6.29 Å². The van der Waals surface area contributed by atoms with Crippen LogP contribution >= 0.6 is 0 Å². The highest BCUT2D eigenvalue weighted by molar-refractivity contribution is 7.87. The van der Waals surface area contributed by atoms with Gasteiger partial charge in [-0.2, -0.15) is 16.8 Å². The van der Waals surface area contributed by atoms with Gasteiger partial charge in [-0.05, 0) is 6.42 Å². The van der Waals surface area contributed by atoms with Crippen LogP contribution in [0.2, 0.25) is 0 Å². The van der Waals surface area contributed by atoms with Crippen LogP contribution in [0.3, 0.4) is 0 Å². The summed E-state index contributed by atoms with van der Waals surface area (Å²) in [6.07, 6.45) is -0.527. The van der Waals surface area contributed by atoms with E-state index >= 15 is 0 Å². The third-order valence-electron chi connectivity index (χ3n) is 1.98. The molecular weight excluding hydrogens is 304 g/mol. The molecule has 1 amide bonds. The Morgan fingerprint density at radius 1 is 1.26 bits per heavy atom. The van der Waals surface area contributed by atoms with E-state index in [4.69, 9.17) is 14.8 Å². The van der Waals surface area contributed by atoms with Crippen LogP contribution < -0.4 is 11.1 Å². The molecule has 0 radical (unpaired) electrons. The fraction of sp³-hybridized carbons (Fsp3) is 0.714. The van der Waals surface area contributed by atoms with Crippen LogP contribution in [0.25, 0.3) is 0 Å². The largest absolute Gasteiger partial charge is 0.353 e. The van der Waals surface area contributed by atoms with E-state index in [-0.39, 0.29) is 6.54 Å². The van der Waals surface area contributed by atoms with Crippen molar-refractivity contribution in [3.8, 4) is 0 Å². The number of nitrogens with one attached hydrogen (secondary N) is 1. The van der Waals surface area contributed by atoms with Crippen molar-refractivity contribution in [2.45, 2.75) is 17.7 Å². The van der Waals surface area contributed by atoms with Crippen molar-refractivity contribution in [2.75, 3.05) is 12.3 Å². The Morgan fingerprint density at radius 3 is 2.16 bits per heavy atom. The lowest BCUT2D eigenvalue weighted by Gasteiger charge is -2.14. The Labute approximate surface area is 109 Å². The normalized spacial score (nSPS) is 15.5. The third-order valence-corrected chi connectivity index (χ3v) is 3.90. The quantitative estimate of drug-likeness (QED) is 0.270. The van der Waals surface area contributed by atoms with Crippen LogP contribution in [0.1, 0.15) is 6.42 Å². The first-order valence-corrected chi connectivity index (χ1v) is 7.98. The van der Waals surface area contributed by atoms with Crippen molar-refractivity contribution in [3.05, 3.63) is 0 Å². The van der Waals surface area contributed by atoms with Gasteiger partial charge in [-0.1, -0.05) is 0 Å². The smallest absolute Gasteiger partial charge is 0.276 e. The van der Waals surface area contributed by atoms with E-state index in [1.54, 1.807) is 0 Å². The summed E-state index contributed by atoms with van der Waals surface area (Å²) in [5.41, 5.74) is 5.14. The first-order valence-electron chi connectivity index (χ1n) is 4.87. The number of hydrogen-bond donors (Lipinski definition) is 4. The molecule has 0 fully saturated rings. The molecule has 2 atom stereocenters. The second-order valence-electron chi connectivity index (χ2n) is 3.62. The number of carbonyl (C=O) groups is 2. The van der Waals surface area contributed by atoms with Crippen LogP contribution in [0.4, 0.5) is 0 Å². The average molecular weight is 318 g/mol. The molecular formula is C7H14N2O8S2. The molecule has 0 aromatic carbocycles. The number of rotatable bonds is 8. The van der Waals surface area contributed by atoms with Crippen molar-refractivity contribution in [1.82, 2.24) is 5.32 Å². The first-order chi connectivity index (χ1) is 8.47. The van der Waals surface area contributed by atoms with Gasteiger partial charge in [-0.3, -0.25) is 13.9 Å². The van der Waals surface area contributed by atoms with Gasteiger partial charge < -0.3 is 15.8 Å². The van der Waals surface area contributed by atoms with Crippen molar-refractivity contribution in [2.24, 2.45) is 5.73 Å². The second kappa shape index (κ2) is 6.91. The Morgan fingerprint density at radius 2 is 1.79 bits per heavy atom. The number of amides is 1. The zero-order valence-electron chi connectivity index (χ0n) is 9.59. The summed E-state index contributed by atoms with van der Waals surface area (Å²) in [7, 11) is -9.34. The van der Waals surface area contributed by atoms with Gasteiger partial charge in [-0.25, -0.2) is 0 Å². The maximum absolute atomic E-state index is 11.4. The molecule has 0 spiro atoms. The topological polar surface area (TPSA) is 181 Å². The van der Waals surface area contributed by atoms with Crippen molar-refractivity contribution >= 4 is 32.4 Å². The molecule has 12 heteroatoms. The number of carbonyl (C=O) groups excluding carboxylic acids is 2. The van der Waals surface area contributed by atoms with E-state index in [1.165, 1.54) is 0 Å². The van der Waals surface area contributed by atoms with Crippen molar-refractivity contribution in [3.63, 3.8) is 0 Å². The molecule has 0 aliphatic carbocycles. The van der Waals surface area contributed by atoms with Crippen molar-refractivity contribution in [1.29, 1.82) is 0 Å². The lowest BCUT2D eigenvalue weighted by Crippen LogP contribution is -2.45. The molecule has 2 unspecified atom stereocenters. The standard InChI is InChI=1S/C7H14N2O8S2/c8-5(4-10)3-9-7(11)6(19(15,16)17)1-2-18(12,13)14/h4-6H,1-3,8H2,(H,9,11)(H,12,13,14)(H,15,16,17). The maximum atomic E-state index is 11.4. The number of hydrogen-bond acceptors (Lipinski definition) is 7. The van der Waals surface area contributed by atoms with E-state index < -0.39 is 49.6 Å². The third kappa shape index (κ3) is 7.84. The number of nitrogens with two attached hydrogens (primary N) is 1. The van der Waals surface area contributed by atoms with Gasteiger partial charge in [-0.15, -0.1) is 0 Å². The Balaban J connectivity index is 4.78. The monoisotopic (exact) mass is 318 g/mol. The summed E-state index contributed by atoms with van der Waals surface area (Å²) in [5, 5.41) is -0.110. The van der Waals surface area contributed by atoms with E-state index in [1.807, 2.05) is 5.32 Å². The number of aldehydes is 1. The summed E-state index contributed by atoms with van der Waals surface area (Å²) in [5.74, 6) is -2.24.